The van der Waals surface area contributed by atoms with E-state index in [0.717, 1.165) is 31.5 Å². The summed E-state index contributed by atoms with van der Waals surface area (Å²) in [7, 11) is 3.92. The number of carbonyl (C=O) groups excluding carboxylic acids is 1. The van der Waals surface area contributed by atoms with Gasteiger partial charge >= 0.3 is 0 Å². The average molecular weight is 249 g/mol. The predicted octanol–water partition coefficient (Wildman–Crippen LogP) is 1.61. The second-order valence-electron chi connectivity index (χ2n) is 4.55. The molecule has 3 N–H and O–H groups in total. The number of unbranched alkanes of at least 4 members (excludes halogenated alkanes) is 2. The summed E-state index contributed by atoms with van der Waals surface area (Å²) in [5, 5.41) is 2.93. The fourth-order valence-corrected chi connectivity index (χ4v) is 1.68. The maximum absolute atomic E-state index is 11.9. The van der Waals surface area contributed by atoms with Crippen molar-refractivity contribution in [3.63, 3.8) is 0 Å². The lowest BCUT2D eigenvalue weighted by Crippen LogP contribution is -2.24. The van der Waals surface area contributed by atoms with Crippen LogP contribution < -0.4 is 16.0 Å². The molecule has 1 rings (SSSR count). The zero-order valence-electron chi connectivity index (χ0n) is 11.3. The van der Waals surface area contributed by atoms with Crippen molar-refractivity contribution in [2.45, 2.75) is 19.3 Å². The summed E-state index contributed by atoms with van der Waals surface area (Å²) in [5.74, 6) is -0.00792. The van der Waals surface area contributed by atoms with Gasteiger partial charge in [0, 0.05) is 31.9 Å². The monoisotopic (exact) mass is 249 g/mol. The van der Waals surface area contributed by atoms with Crippen LogP contribution in [-0.2, 0) is 0 Å². The van der Waals surface area contributed by atoms with E-state index in [1.807, 2.05) is 43.3 Å². The van der Waals surface area contributed by atoms with Crippen LogP contribution in [0.3, 0.4) is 0 Å². The predicted molar refractivity (Wildman–Crippen MR) is 76.0 cm³/mol. The fourth-order valence-electron chi connectivity index (χ4n) is 1.68. The number of carbonyl (C=O) groups is 1. The minimum Gasteiger partial charge on any atom is -0.378 e. The molecule has 0 radical (unpaired) electrons. The molecule has 0 aliphatic heterocycles. The molecule has 0 unspecified atom stereocenters. The van der Waals surface area contributed by atoms with Gasteiger partial charge in [-0.15, -0.1) is 0 Å². The van der Waals surface area contributed by atoms with Crippen LogP contribution in [0.15, 0.2) is 24.3 Å². The Kier molecular flexibility index (Phi) is 6.22. The van der Waals surface area contributed by atoms with Gasteiger partial charge in [-0.25, -0.2) is 0 Å². The molecule has 0 fully saturated rings. The van der Waals surface area contributed by atoms with Crippen molar-refractivity contribution in [2.75, 3.05) is 32.1 Å². The summed E-state index contributed by atoms with van der Waals surface area (Å²) in [6, 6.07) is 7.62. The molecule has 4 nitrogen and oxygen atoms in total. The number of benzene rings is 1. The van der Waals surface area contributed by atoms with E-state index in [1.165, 1.54) is 0 Å². The highest BCUT2D eigenvalue weighted by Crippen LogP contribution is 2.13. The van der Waals surface area contributed by atoms with Gasteiger partial charge in [0.15, 0.2) is 0 Å². The normalized spacial score (nSPS) is 10.2. The maximum Gasteiger partial charge on any atom is 0.251 e. The summed E-state index contributed by atoms with van der Waals surface area (Å²) in [5.41, 5.74) is 7.16. The van der Waals surface area contributed by atoms with Crippen molar-refractivity contribution >= 4 is 11.6 Å². The van der Waals surface area contributed by atoms with E-state index in [9.17, 15) is 4.79 Å². The van der Waals surface area contributed by atoms with Crippen molar-refractivity contribution in [1.29, 1.82) is 0 Å². The van der Waals surface area contributed by atoms with Crippen LogP contribution in [0.4, 0.5) is 5.69 Å². The van der Waals surface area contributed by atoms with Crippen LogP contribution in [0.1, 0.15) is 29.6 Å². The number of nitrogens with one attached hydrogen (secondary N) is 1. The summed E-state index contributed by atoms with van der Waals surface area (Å²) in [4.78, 5) is 13.9. The standard InChI is InChI=1S/C14H23N3O/c1-17(2)13-8-6-7-12(11-13)14(18)16-10-5-3-4-9-15/h6-8,11H,3-5,9-10,15H2,1-2H3,(H,16,18). The van der Waals surface area contributed by atoms with Gasteiger partial charge in [0.1, 0.15) is 0 Å². The van der Waals surface area contributed by atoms with E-state index < -0.39 is 0 Å². The van der Waals surface area contributed by atoms with Crippen LogP contribution in [0, 0.1) is 0 Å². The van der Waals surface area contributed by atoms with Crippen LogP contribution in [0.2, 0.25) is 0 Å². The lowest BCUT2D eigenvalue weighted by molar-refractivity contribution is 0.0953. The first-order valence-corrected chi connectivity index (χ1v) is 6.41. The number of anilines is 1. The number of hydrogen-bond donors (Lipinski definition) is 2. The van der Waals surface area contributed by atoms with Gasteiger partial charge in [0.2, 0.25) is 0 Å². The number of hydrogen-bond acceptors (Lipinski definition) is 3. The van der Waals surface area contributed by atoms with Crippen LogP contribution in [-0.4, -0.2) is 33.1 Å². The van der Waals surface area contributed by atoms with Crippen LogP contribution in [0.5, 0.6) is 0 Å². The first kappa shape index (κ1) is 14.5. The molecule has 0 aromatic heterocycles. The quantitative estimate of drug-likeness (QED) is 0.722. The first-order chi connectivity index (χ1) is 8.65. The number of nitrogens with two attached hydrogens (primary N) is 1. The molecule has 1 aromatic carbocycles. The van der Waals surface area contributed by atoms with Gasteiger partial charge in [-0.05, 0) is 37.6 Å². The summed E-state index contributed by atoms with van der Waals surface area (Å²) >= 11 is 0. The zero-order valence-corrected chi connectivity index (χ0v) is 11.3. The molecule has 0 aliphatic carbocycles. The van der Waals surface area contributed by atoms with Gasteiger partial charge < -0.3 is 16.0 Å². The minimum absolute atomic E-state index is 0.00792. The molecular weight excluding hydrogens is 226 g/mol. The second-order valence-corrected chi connectivity index (χ2v) is 4.55. The van der Waals surface area contributed by atoms with Gasteiger partial charge in [-0.3, -0.25) is 4.79 Å². The summed E-state index contributed by atoms with van der Waals surface area (Å²) < 4.78 is 0. The Balaban J connectivity index is 2.44. The van der Waals surface area contributed by atoms with Gasteiger partial charge in [-0.1, -0.05) is 12.5 Å². The summed E-state index contributed by atoms with van der Waals surface area (Å²) in [6.45, 7) is 1.43. The molecule has 0 saturated heterocycles. The van der Waals surface area contributed by atoms with E-state index in [-0.39, 0.29) is 5.91 Å². The first-order valence-electron chi connectivity index (χ1n) is 6.41. The highest BCUT2D eigenvalue weighted by molar-refractivity contribution is 5.95. The molecule has 0 bridgehead atoms. The van der Waals surface area contributed by atoms with E-state index in [2.05, 4.69) is 5.32 Å². The SMILES string of the molecule is CN(C)c1cccc(C(=O)NCCCCCN)c1. The number of amides is 1. The molecule has 0 atom stereocenters. The Bertz CT molecular complexity index is 377. The van der Waals surface area contributed by atoms with E-state index in [1.54, 1.807) is 0 Å². The largest absolute Gasteiger partial charge is 0.378 e. The third kappa shape index (κ3) is 4.75. The highest BCUT2D eigenvalue weighted by atomic mass is 16.1. The van der Waals surface area contributed by atoms with Crippen LogP contribution in [0.25, 0.3) is 0 Å². The number of nitrogens with zero attached hydrogens (tertiary/aromatic N) is 1. The van der Waals surface area contributed by atoms with Gasteiger partial charge in [-0.2, -0.15) is 0 Å². The fraction of sp³-hybridized carbons (Fsp3) is 0.500. The minimum atomic E-state index is -0.00792. The molecule has 0 saturated carbocycles. The average Bonchev–Trinajstić information content (AvgIpc) is 2.38. The molecule has 100 valence electrons. The van der Waals surface area contributed by atoms with Gasteiger partial charge in [0.25, 0.3) is 5.91 Å². The number of rotatable bonds is 7. The summed E-state index contributed by atoms with van der Waals surface area (Å²) in [6.07, 6.45) is 3.07. The topological polar surface area (TPSA) is 58.4 Å². The zero-order chi connectivity index (χ0) is 13.4. The molecule has 0 heterocycles. The highest BCUT2D eigenvalue weighted by Gasteiger charge is 2.05. The third-order valence-corrected chi connectivity index (χ3v) is 2.79. The van der Waals surface area contributed by atoms with E-state index >= 15 is 0 Å². The maximum atomic E-state index is 11.9. The molecule has 4 heteroatoms. The molecule has 1 amide bonds. The molecular formula is C14H23N3O. The van der Waals surface area contributed by atoms with Crippen LogP contribution >= 0.6 is 0 Å². The Labute approximate surface area is 109 Å². The smallest absolute Gasteiger partial charge is 0.251 e. The molecule has 18 heavy (non-hydrogen) atoms. The van der Waals surface area contributed by atoms with Crippen molar-refractivity contribution in [3.05, 3.63) is 29.8 Å². The van der Waals surface area contributed by atoms with E-state index in [4.69, 9.17) is 5.73 Å². The Morgan fingerprint density at radius 1 is 1.28 bits per heavy atom. The van der Waals surface area contributed by atoms with Crippen molar-refractivity contribution in [1.82, 2.24) is 5.32 Å². The lowest BCUT2D eigenvalue weighted by Gasteiger charge is -2.13. The Morgan fingerprint density at radius 3 is 2.72 bits per heavy atom. The molecule has 0 spiro atoms. The van der Waals surface area contributed by atoms with E-state index in [0.29, 0.717) is 12.1 Å². The third-order valence-electron chi connectivity index (χ3n) is 2.79. The van der Waals surface area contributed by atoms with Gasteiger partial charge in [0.05, 0.1) is 0 Å². The second kappa shape index (κ2) is 7.71. The Morgan fingerprint density at radius 2 is 2.06 bits per heavy atom. The lowest BCUT2D eigenvalue weighted by atomic mass is 10.1. The van der Waals surface area contributed by atoms with Crippen molar-refractivity contribution in [2.24, 2.45) is 5.73 Å². The molecule has 0 aliphatic rings. The molecule has 1 aromatic rings. The van der Waals surface area contributed by atoms with Crippen molar-refractivity contribution in [3.8, 4) is 0 Å². The van der Waals surface area contributed by atoms with Crippen molar-refractivity contribution < 1.29 is 4.79 Å². The Hall–Kier alpha value is -1.55.